The van der Waals surface area contributed by atoms with Crippen LogP contribution in [0.5, 0.6) is 5.75 Å². The van der Waals surface area contributed by atoms with Crippen molar-refractivity contribution in [2.75, 3.05) is 7.11 Å². The molecule has 0 bridgehead atoms. The van der Waals surface area contributed by atoms with Crippen molar-refractivity contribution >= 4 is 23.2 Å². The molecular weight excluding hydrogens is 307 g/mol. The standard InChI is InChI=1S/C17H18Cl2O2/c1-21-15-9-6-12(7-10-15)5-8-14(20)11-13-3-2-4-16(18)17(13)19/h2-4,6-7,9-10,14,20H,5,8,11H2,1H3. The summed E-state index contributed by atoms with van der Waals surface area (Å²) >= 11 is 12.1. The van der Waals surface area contributed by atoms with Gasteiger partial charge >= 0.3 is 0 Å². The topological polar surface area (TPSA) is 29.5 Å². The summed E-state index contributed by atoms with van der Waals surface area (Å²) < 4.78 is 5.12. The van der Waals surface area contributed by atoms with Crippen molar-refractivity contribution < 1.29 is 9.84 Å². The van der Waals surface area contributed by atoms with E-state index in [9.17, 15) is 5.11 Å². The van der Waals surface area contributed by atoms with E-state index in [0.717, 1.165) is 17.7 Å². The summed E-state index contributed by atoms with van der Waals surface area (Å²) in [6.07, 6.45) is 1.55. The number of rotatable bonds is 6. The minimum atomic E-state index is -0.442. The third-order valence-electron chi connectivity index (χ3n) is 3.41. The Labute approximate surface area is 135 Å². The van der Waals surface area contributed by atoms with Gasteiger partial charge in [0.1, 0.15) is 5.75 Å². The van der Waals surface area contributed by atoms with E-state index < -0.39 is 6.10 Å². The Morgan fingerprint density at radius 1 is 1.10 bits per heavy atom. The van der Waals surface area contributed by atoms with E-state index in [-0.39, 0.29) is 0 Å². The lowest BCUT2D eigenvalue weighted by molar-refractivity contribution is 0.165. The smallest absolute Gasteiger partial charge is 0.118 e. The molecular formula is C17H18Cl2O2. The largest absolute Gasteiger partial charge is 0.497 e. The van der Waals surface area contributed by atoms with Gasteiger partial charge in [0.05, 0.1) is 23.3 Å². The number of aliphatic hydroxyl groups excluding tert-OH is 1. The van der Waals surface area contributed by atoms with Crippen LogP contribution < -0.4 is 4.74 Å². The second kappa shape index (κ2) is 7.69. The number of benzene rings is 2. The molecule has 0 saturated carbocycles. The van der Waals surface area contributed by atoms with E-state index in [1.54, 1.807) is 13.2 Å². The lowest BCUT2D eigenvalue weighted by Gasteiger charge is -2.12. The number of hydrogen-bond acceptors (Lipinski definition) is 2. The molecule has 0 spiro atoms. The average Bonchev–Trinajstić information content (AvgIpc) is 2.50. The van der Waals surface area contributed by atoms with Crippen molar-refractivity contribution in [3.63, 3.8) is 0 Å². The number of ether oxygens (including phenoxy) is 1. The van der Waals surface area contributed by atoms with Gasteiger partial charge in [0.15, 0.2) is 0 Å². The number of aryl methyl sites for hydroxylation is 1. The Kier molecular flexibility index (Phi) is 5.92. The highest BCUT2D eigenvalue weighted by Gasteiger charge is 2.10. The zero-order valence-electron chi connectivity index (χ0n) is 11.9. The highest BCUT2D eigenvalue weighted by atomic mass is 35.5. The summed E-state index contributed by atoms with van der Waals surface area (Å²) in [5, 5.41) is 11.2. The van der Waals surface area contributed by atoms with E-state index >= 15 is 0 Å². The summed E-state index contributed by atoms with van der Waals surface area (Å²) in [6, 6.07) is 13.4. The molecule has 21 heavy (non-hydrogen) atoms. The van der Waals surface area contributed by atoms with Gasteiger partial charge in [-0.1, -0.05) is 47.5 Å². The van der Waals surface area contributed by atoms with Crippen molar-refractivity contribution in [1.29, 1.82) is 0 Å². The van der Waals surface area contributed by atoms with Crippen LogP contribution in [0.1, 0.15) is 17.5 Å². The van der Waals surface area contributed by atoms with Gasteiger partial charge < -0.3 is 9.84 Å². The number of hydrogen-bond donors (Lipinski definition) is 1. The van der Waals surface area contributed by atoms with Crippen LogP contribution in [0.3, 0.4) is 0 Å². The summed E-state index contributed by atoms with van der Waals surface area (Å²) in [5.74, 6) is 0.838. The zero-order chi connectivity index (χ0) is 15.2. The third kappa shape index (κ3) is 4.63. The first-order valence-electron chi connectivity index (χ1n) is 6.84. The molecule has 0 aliphatic rings. The van der Waals surface area contributed by atoms with E-state index in [4.69, 9.17) is 27.9 Å². The molecule has 1 N–H and O–H groups in total. The molecule has 0 aromatic heterocycles. The minimum Gasteiger partial charge on any atom is -0.497 e. The summed E-state index contributed by atoms with van der Waals surface area (Å²) in [6.45, 7) is 0. The molecule has 0 heterocycles. The van der Waals surface area contributed by atoms with Crippen LogP contribution in [-0.2, 0) is 12.8 Å². The first kappa shape index (κ1) is 16.2. The van der Waals surface area contributed by atoms with Gasteiger partial charge in [-0.2, -0.15) is 0 Å². The van der Waals surface area contributed by atoms with Gasteiger partial charge in [-0.25, -0.2) is 0 Å². The summed E-state index contributed by atoms with van der Waals surface area (Å²) in [7, 11) is 1.65. The maximum Gasteiger partial charge on any atom is 0.118 e. The van der Waals surface area contributed by atoms with Crippen LogP contribution in [-0.4, -0.2) is 18.3 Å². The first-order chi connectivity index (χ1) is 10.1. The molecule has 112 valence electrons. The van der Waals surface area contributed by atoms with Crippen LogP contribution in [0.2, 0.25) is 10.0 Å². The summed E-state index contributed by atoms with van der Waals surface area (Å²) in [5.41, 5.74) is 2.05. The molecule has 1 atom stereocenters. The van der Waals surface area contributed by atoms with E-state index in [1.165, 1.54) is 5.56 Å². The molecule has 2 aromatic rings. The molecule has 0 amide bonds. The maximum atomic E-state index is 10.2. The quantitative estimate of drug-likeness (QED) is 0.845. The zero-order valence-corrected chi connectivity index (χ0v) is 13.4. The average molecular weight is 325 g/mol. The fourth-order valence-electron chi connectivity index (χ4n) is 2.19. The van der Waals surface area contributed by atoms with E-state index in [0.29, 0.717) is 22.9 Å². The van der Waals surface area contributed by atoms with Crippen LogP contribution in [0, 0.1) is 0 Å². The normalized spacial score (nSPS) is 12.2. The second-order valence-electron chi connectivity index (χ2n) is 4.96. The number of methoxy groups -OCH3 is 1. The minimum absolute atomic E-state index is 0.442. The van der Waals surface area contributed by atoms with Crippen molar-refractivity contribution in [1.82, 2.24) is 0 Å². The Balaban J connectivity index is 1.89. The van der Waals surface area contributed by atoms with Gasteiger partial charge in [0.2, 0.25) is 0 Å². The van der Waals surface area contributed by atoms with Gasteiger partial charge in [-0.15, -0.1) is 0 Å². The fraction of sp³-hybridized carbons (Fsp3) is 0.294. The highest BCUT2D eigenvalue weighted by molar-refractivity contribution is 6.42. The molecule has 0 aliphatic carbocycles. The molecule has 2 aromatic carbocycles. The number of halogens is 2. The monoisotopic (exact) mass is 324 g/mol. The van der Waals surface area contributed by atoms with Crippen LogP contribution >= 0.6 is 23.2 Å². The maximum absolute atomic E-state index is 10.2. The van der Waals surface area contributed by atoms with E-state index in [1.807, 2.05) is 36.4 Å². The Morgan fingerprint density at radius 3 is 2.48 bits per heavy atom. The Morgan fingerprint density at radius 2 is 1.81 bits per heavy atom. The molecule has 2 rings (SSSR count). The van der Waals surface area contributed by atoms with Gasteiger partial charge in [0, 0.05) is 0 Å². The predicted octanol–water partition coefficient (Wildman–Crippen LogP) is 4.54. The molecule has 0 aliphatic heterocycles. The molecule has 4 heteroatoms. The van der Waals surface area contributed by atoms with Crippen LogP contribution in [0.15, 0.2) is 42.5 Å². The summed E-state index contributed by atoms with van der Waals surface area (Å²) in [4.78, 5) is 0. The van der Waals surface area contributed by atoms with Crippen molar-refractivity contribution in [2.45, 2.75) is 25.4 Å². The van der Waals surface area contributed by atoms with Gasteiger partial charge in [-0.05, 0) is 48.6 Å². The Bertz CT molecular complexity index is 582. The second-order valence-corrected chi connectivity index (χ2v) is 5.74. The first-order valence-corrected chi connectivity index (χ1v) is 7.59. The predicted molar refractivity (Wildman–Crippen MR) is 87.5 cm³/mol. The molecule has 1 unspecified atom stereocenters. The lowest BCUT2D eigenvalue weighted by Crippen LogP contribution is -2.12. The highest BCUT2D eigenvalue weighted by Crippen LogP contribution is 2.27. The number of aliphatic hydroxyl groups is 1. The van der Waals surface area contributed by atoms with Gasteiger partial charge in [0.25, 0.3) is 0 Å². The van der Waals surface area contributed by atoms with Gasteiger partial charge in [-0.3, -0.25) is 0 Å². The van der Waals surface area contributed by atoms with Crippen molar-refractivity contribution in [3.8, 4) is 5.75 Å². The molecule has 0 radical (unpaired) electrons. The van der Waals surface area contributed by atoms with Crippen molar-refractivity contribution in [3.05, 3.63) is 63.6 Å². The Hall–Kier alpha value is -1.22. The molecule has 2 nitrogen and oxygen atoms in total. The van der Waals surface area contributed by atoms with Crippen molar-refractivity contribution in [2.24, 2.45) is 0 Å². The lowest BCUT2D eigenvalue weighted by atomic mass is 10.0. The third-order valence-corrected chi connectivity index (χ3v) is 4.27. The molecule has 0 fully saturated rings. The van der Waals surface area contributed by atoms with E-state index in [2.05, 4.69) is 0 Å². The SMILES string of the molecule is COc1ccc(CCC(O)Cc2cccc(Cl)c2Cl)cc1. The van der Waals surface area contributed by atoms with Crippen LogP contribution in [0.25, 0.3) is 0 Å². The van der Waals surface area contributed by atoms with Crippen LogP contribution in [0.4, 0.5) is 0 Å². The fourth-order valence-corrected chi connectivity index (χ4v) is 2.58. The molecule has 0 saturated heterocycles.